The van der Waals surface area contributed by atoms with E-state index in [0.29, 0.717) is 0 Å². The molecule has 0 unspecified atom stereocenters. The summed E-state index contributed by atoms with van der Waals surface area (Å²) in [6.45, 7) is 0. The number of aromatic nitrogens is 1. The van der Waals surface area contributed by atoms with Crippen LogP contribution in [-0.4, -0.2) is 12.1 Å². The van der Waals surface area contributed by atoms with Crippen LogP contribution in [0.5, 0.6) is 5.75 Å². The predicted octanol–water partition coefficient (Wildman–Crippen LogP) is 3.46. The highest BCUT2D eigenvalue weighted by Crippen LogP contribution is 2.29. The van der Waals surface area contributed by atoms with Crippen LogP contribution in [0.2, 0.25) is 0 Å². The second-order valence-electron chi connectivity index (χ2n) is 3.29. The molecule has 3 heteroatoms. The highest BCUT2D eigenvalue weighted by molar-refractivity contribution is 7.16. The van der Waals surface area contributed by atoms with Crippen molar-refractivity contribution >= 4 is 32.3 Å². The average molecular weight is 216 g/mol. The zero-order valence-electron chi connectivity index (χ0n) is 8.93. The predicted molar refractivity (Wildman–Crippen MR) is 63.7 cm³/mol. The van der Waals surface area contributed by atoms with Gasteiger partial charge in [0.15, 0.2) is 0 Å². The van der Waals surface area contributed by atoms with Crippen LogP contribution in [0.1, 0.15) is 1.37 Å². The lowest BCUT2D eigenvalue weighted by Crippen LogP contribution is -1.82. The quantitative estimate of drug-likeness (QED) is 0.621. The minimum Gasteiger partial charge on any atom is -0.497 e. The smallest absolute Gasteiger partial charge is 0.119 e. The first kappa shape index (κ1) is 7.65. The molecule has 0 spiro atoms. The fraction of sp³-hybridized carbons (Fsp3) is 0.0833. The summed E-state index contributed by atoms with van der Waals surface area (Å²) in [6.07, 6.45) is 0. The van der Waals surface area contributed by atoms with Gasteiger partial charge in [-0.1, -0.05) is 6.07 Å². The molecule has 0 saturated carbocycles. The zero-order chi connectivity index (χ0) is 11.0. The van der Waals surface area contributed by atoms with Crippen molar-refractivity contribution in [3.63, 3.8) is 0 Å². The number of methoxy groups -OCH3 is 1. The first-order valence-corrected chi connectivity index (χ1v) is 5.44. The van der Waals surface area contributed by atoms with Gasteiger partial charge in [-0.3, -0.25) is 0 Å². The van der Waals surface area contributed by atoms with E-state index >= 15 is 0 Å². The average Bonchev–Trinajstić information content (AvgIpc) is 2.77. The molecule has 0 fully saturated rings. The number of rotatable bonds is 1. The van der Waals surface area contributed by atoms with Crippen molar-refractivity contribution < 1.29 is 6.11 Å². The molecule has 0 atom stereocenters. The van der Waals surface area contributed by atoms with Crippen LogP contribution in [0, 0.1) is 0 Å². The Kier molecular flexibility index (Phi) is 1.64. The summed E-state index contributed by atoms with van der Waals surface area (Å²) in [4.78, 5) is 4.36. The number of hydrogen-bond acceptors (Lipinski definition) is 3. The van der Waals surface area contributed by atoms with Crippen molar-refractivity contribution in [1.82, 2.24) is 4.98 Å². The van der Waals surface area contributed by atoms with Crippen LogP contribution in [0.25, 0.3) is 21.0 Å². The Balaban J connectivity index is 2.28. The topological polar surface area (TPSA) is 22.1 Å². The van der Waals surface area contributed by atoms with Crippen molar-refractivity contribution in [3.05, 3.63) is 35.8 Å². The number of ether oxygens (including phenoxy) is 1. The van der Waals surface area contributed by atoms with E-state index in [1.165, 1.54) is 4.70 Å². The number of hydrogen-bond donors (Lipinski definition) is 0. The van der Waals surface area contributed by atoms with Gasteiger partial charge in [-0.25, -0.2) is 4.98 Å². The van der Waals surface area contributed by atoms with Gasteiger partial charge in [-0.2, -0.15) is 0 Å². The van der Waals surface area contributed by atoms with E-state index in [4.69, 9.17) is 6.11 Å². The Morgan fingerprint density at radius 3 is 3.27 bits per heavy atom. The van der Waals surface area contributed by atoms with Gasteiger partial charge in [0.25, 0.3) is 0 Å². The third kappa shape index (κ3) is 1.27. The van der Waals surface area contributed by atoms with Crippen LogP contribution < -0.4 is 4.74 Å². The molecule has 0 saturated heterocycles. The molecule has 0 N–H and O–H groups in total. The van der Waals surface area contributed by atoms with E-state index in [2.05, 4.69) is 17.1 Å². The summed E-state index contributed by atoms with van der Waals surface area (Å²) in [5.74, 6) is 0.733. The van der Waals surface area contributed by atoms with Gasteiger partial charge in [0.2, 0.25) is 0 Å². The Hall–Kier alpha value is -1.61. The van der Waals surface area contributed by atoms with Gasteiger partial charge >= 0.3 is 0 Å². The Morgan fingerprint density at radius 1 is 1.33 bits per heavy atom. The van der Waals surface area contributed by atoms with Crippen LogP contribution in [0.3, 0.4) is 0 Å². The lowest BCUT2D eigenvalue weighted by Gasteiger charge is -2.02. The minimum atomic E-state index is -0.0511. The summed E-state index contributed by atoms with van der Waals surface area (Å²) in [6, 6.07) is 9.97. The Bertz CT molecular complexity index is 650. The number of benzene rings is 2. The van der Waals surface area contributed by atoms with Gasteiger partial charge in [-0.15, -0.1) is 11.3 Å². The molecule has 3 rings (SSSR count). The summed E-state index contributed by atoms with van der Waals surface area (Å²) in [7, 11) is -0.0511. The molecule has 0 bridgehead atoms. The van der Waals surface area contributed by atoms with Crippen LogP contribution >= 0.6 is 11.3 Å². The molecule has 3 aromatic rings. The van der Waals surface area contributed by atoms with Crippen molar-refractivity contribution in [2.45, 2.75) is 0 Å². The van der Waals surface area contributed by atoms with Gasteiger partial charge in [0.1, 0.15) is 5.75 Å². The number of thiazole rings is 1. The van der Waals surface area contributed by atoms with Crippen LogP contribution in [0.4, 0.5) is 0 Å². The lowest BCUT2D eigenvalue weighted by atomic mass is 10.1. The van der Waals surface area contributed by atoms with Crippen LogP contribution in [0.15, 0.2) is 35.8 Å². The normalized spacial score (nSPS) is 11.9. The highest BCUT2D eigenvalue weighted by atomic mass is 32.1. The second kappa shape index (κ2) is 3.21. The third-order valence-electron chi connectivity index (χ3n) is 2.45. The van der Waals surface area contributed by atoms with E-state index in [1.54, 1.807) is 11.3 Å². The summed E-state index contributed by atoms with van der Waals surface area (Å²) in [5.41, 5.74) is 2.90. The maximum absolute atomic E-state index is 7.02. The first-order valence-electron chi connectivity index (χ1n) is 5.27. The SMILES string of the molecule is [2H]COc1ccc2c(ccc3scnc32)c1. The molecule has 1 aromatic heterocycles. The molecule has 0 aliphatic carbocycles. The molecule has 2 aromatic carbocycles. The fourth-order valence-electron chi connectivity index (χ4n) is 1.73. The fourth-order valence-corrected chi connectivity index (χ4v) is 2.42. The molecule has 15 heavy (non-hydrogen) atoms. The van der Waals surface area contributed by atoms with Gasteiger partial charge in [0.05, 0.1) is 24.2 Å². The maximum Gasteiger partial charge on any atom is 0.119 e. The summed E-state index contributed by atoms with van der Waals surface area (Å²) >= 11 is 1.64. The Labute approximate surface area is 92.5 Å². The molecule has 0 amide bonds. The summed E-state index contributed by atoms with van der Waals surface area (Å²) < 4.78 is 13.4. The molecule has 0 aliphatic heterocycles. The monoisotopic (exact) mass is 216 g/mol. The third-order valence-corrected chi connectivity index (χ3v) is 3.25. The molecule has 74 valence electrons. The van der Waals surface area contributed by atoms with Crippen molar-refractivity contribution in [2.75, 3.05) is 7.09 Å². The molecule has 2 nitrogen and oxygen atoms in total. The van der Waals surface area contributed by atoms with Gasteiger partial charge < -0.3 is 4.74 Å². The second-order valence-corrected chi connectivity index (χ2v) is 4.18. The minimum absolute atomic E-state index is 0.0511. The van der Waals surface area contributed by atoms with Crippen molar-refractivity contribution in [1.29, 1.82) is 0 Å². The lowest BCUT2D eigenvalue weighted by molar-refractivity contribution is 0.415. The number of fused-ring (bicyclic) bond motifs is 3. The largest absolute Gasteiger partial charge is 0.497 e. The van der Waals surface area contributed by atoms with Crippen molar-refractivity contribution in [3.8, 4) is 5.75 Å². The van der Waals surface area contributed by atoms with Gasteiger partial charge in [-0.05, 0) is 29.7 Å². The van der Waals surface area contributed by atoms with E-state index < -0.39 is 0 Å². The zero-order valence-corrected chi connectivity index (χ0v) is 8.75. The molecular formula is C12H9NOS. The van der Waals surface area contributed by atoms with E-state index in [1.807, 2.05) is 23.7 Å². The maximum atomic E-state index is 7.02. The Morgan fingerprint density at radius 2 is 2.33 bits per heavy atom. The number of nitrogens with zero attached hydrogens (tertiary/aromatic N) is 1. The highest BCUT2D eigenvalue weighted by Gasteiger charge is 2.03. The van der Waals surface area contributed by atoms with E-state index in [-0.39, 0.29) is 7.09 Å². The molecule has 1 heterocycles. The van der Waals surface area contributed by atoms with Crippen molar-refractivity contribution in [2.24, 2.45) is 0 Å². The standard InChI is InChI=1S/C12H9NOS/c1-14-9-3-4-10-8(6-9)2-5-11-12(10)13-7-15-11/h2-7H,1H3/i1D. The molecule has 0 radical (unpaired) electrons. The summed E-state index contributed by atoms with van der Waals surface area (Å²) in [5, 5.41) is 2.24. The van der Waals surface area contributed by atoms with Crippen LogP contribution in [-0.2, 0) is 0 Å². The molecule has 0 aliphatic rings. The van der Waals surface area contributed by atoms with E-state index in [9.17, 15) is 0 Å². The first-order chi connectivity index (χ1) is 7.88. The van der Waals surface area contributed by atoms with Gasteiger partial charge in [0, 0.05) is 5.39 Å². The van der Waals surface area contributed by atoms with E-state index in [0.717, 1.165) is 22.0 Å². The molecular weight excluding hydrogens is 206 g/mol.